The number of halogens is 1. The predicted molar refractivity (Wildman–Crippen MR) is 143 cm³/mol. The fourth-order valence-electron chi connectivity index (χ4n) is 4.08. The van der Waals surface area contributed by atoms with Crippen LogP contribution >= 0.6 is 27.7 Å². The Balaban J connectivity index is 1.28. The van der Waals surface area contributed by atoms with Gasteiger partial charge in [0.2, 0.25) is 5.91 Å². The molecule has 0 aromatic heterocycles. The SMILES string of the molecule is O=C(Oc1ccc(/C=C2\SC(=O)N(CC(=O)N3CCOCC3)C2=O)cc1Br)c1cccc2ccccc12. The largest absolute Gasteiger partial charge is 0.422 e. The Hall–Kier alpha value is -3.47. The molecule has 5 rings (SSSR count). The number of morpholine rings is 1. The number of imide groups is 1. The summed E-state index contributed by atoms with van der Waals surface area (Å²) in [6, 6.07) is 18.0. The fourth-order valence-corrected chi connectivity index (χ4v) is 5.40. The summed E-state index contributed by atoms with van der Waals surface area (Å²) in [5, 5.41) is 1.25. The van der Waals surface area contributed by atoms with Crippen LogP contribution in [-0.4, -0.2) is 65.7 Å². The summed E-state index contributed by atoms with van der Waals surface area (Å²) in [4.78, 5) is 53.4. The van der Waals surface area contributed by atoms with Crippen LogP contribution in [0.2, 0.25) is 0 Å². The molecule has 2 fully saturated rings. The summed E-state index contributed by atoms with van der Waals surface area (Å²) in [5.41, 5.74) is 1.08. The van der Waals surface area contributed by atoms with Crippen molar-refractivity contribution in [2.75, 3.05) is 32.8 Å². The van der Waals surface area contributed by atoms with Crippen LogP contribution in [-0.2, 0) is 14.3 Å². The first kappa shape index (κ1) is 25.2. The van der Waals surface area contributed by atoms with Gasteiger partial charge in [-0.25, -0.2) is 4.79 Å². The fraction of sp³-hybridized carbons (Fsp3) is 0.185. The molecule has 2 heterocycles. The zero-order valence-corrected chi connectivity index (χ0v) is 21.9. The Kier molecular flexibility index (Phi) is 7.40. The maximum Gasteiger partial charge on any atom is 0.344 e. The maximum atomic E-state index is 12.9. The number of thioether (sulfide) groups is 1. The molecule has 0 spiro atoms. The number of carbonyl (C=O) groups is 4. The van der Waals surface area contributed by atoms with Gasteiger partial charge >= 0.3 is 5.97 Å². The summed E-state index contributed by atoms with van der Waals surface area (Å²) in [7, 11) is 0. The Labute approximate surface area is 225 Å². The molecule has 0 aliphatic carbocycles. The number of esters is 1. The van der Waals surface area contributed by atoms with Crippen LogP contribution in [0, 0.1) is 0 Å². The van der Waals surface area contributed by atoms with Crippen LogP contribution < -0.4 is 4.74 Å². The normalized spacial score (nSPS) is 17.1. The highest BCUT2D eigenvalue weighted by Crippen LogP contribution is 2.34. The van der Waals surface area contributed by atoms with E-state index in [-0.39, 0.29) is 17.4 Å². The summed E-state index contributed by atoms with van der Waals surface area (Å²) < 4.78 is 11.4. The number of amides is 3. The van der Waals surface area contributed by atoms with Crippen molar-refractivity contribution in [3.8, 4) is 5.75 Å². The third-order valence-corrected chi connectivity index (χ3v) is 7.52. The predicted octanol–water partition coefficient (Wildman–Crippen LogP) is 4.72. The lowest BCUT2D eigenvalue weighted by Gasteiger charge is -2.28. The van der Waals surface area contributed by atoms with Crippen molar-refractivity contribution in [2.45, 2.75) is 0 Å². The number of hydrogen-bond acceptors (Lipinski definition) is 7. The molecule has 10 heteroatoms. The monoisotopic (exact) mass is 580 g/mol. The van der Waals surface area contributed by atoms with Crippen molar-refractivity contribution in [1.82, 2.24) is 9.80 Å². The molecule has 3 aromatic carbocycles. The summed E-state index contributed by atoms with van der Waals surface area (Å²) >= 11 is 4.21. The zero-order chi connectivity index (χ0) is 25.9. The molecule has 3 amide bonds. The van der Waals surface area contributed by atoms with Crippen LogP contribution in [0.5, 0.6) is 5.75 Å². The van der Waals surface area contributed by atoms with E-state index in [1.165, 1.54) is 0 Å². The van der Waals surface area contributed by atoms with Gasteiger partial charge < -0.3 is 14.4 Å². The smallest absolute Gasteiger partial charge is 0.344 e. The molecule has 2 saturated heterocycles. The molecular formula is C27H21BrN2O6S. The van der Waals surface area contributed by atoms with E-state index in [0.29, 0.717) is 47.7 Å². The molecule has 0 saturated carbocycles. The van der Waals surface area contributed by atoms with Crippen molar-refractivity contribution in [3.05, 3.63) is 81.2 Å². The number of hydrogen-bond donors (Lipinski definition) is 0. The minimum absolute atomic E-state index is 0.215. The molecule has 0 atom stereocenters. The highest BCUT2D eigenvalue weighted by atomic mass is 79.9. The van der Waals surface area contributed by atoms with E-state index in [4.69, 9.17) is 9.47 Å². The van der Waals surface area contributed by atoms with E-state index in [1.807, 2.05) is 30.3 Å². The van der Waals surface area contributed by atoms with Crippen LogP contribution in [0.1, 0.15) is 15.9 Å². The van der Waals surface area contributed by atoms with Gasteiger partial charge in [-0.2, -0.15) is 0 Å². The molecule has 0 bridgehead atoms. The third kappa shape index (κ3) is 5.46. The summed E-state index contributed by atoms with van der Waals surface area (Å²) in [6.07, 6.45) is 1.57. The van der Waals surface area contributed by atoms with E-state index in [2.05, 4.69) is 15.9 Å². The molecule has 2 aliphatic rings. The summed E-state index contributed by atoms with van der Waals surface area (Å²) in [5.74, 6) is -0.971. The van der Waals surface area contributed by atoms with Gasteiger partial charge in [0.15, 0.2) is 0 Å². The molecule has 188 valence electrons. The number of benzene rings is 3. The van der Waals surface area contributed by atoms with Crippen molar-refractivity contribution in [2.24, 2.45) is 0 Å². The minimum Gasteiger partial charge on any atom is -0.422 e. The van der Waals surface area contributed by atoms with Gasteiger partial charge in [-0.3, -0.25) is 19.3 Å². The van der Waals surface area contributed by atoms with Crippen LogP contribution in [0.25, 0.3) is 16.8 Å². The Morgan fingerprint density at radius 3 is 2.57 bits per heavy atom. The lowest BCUT2D eigenvalue weighted by Crippen LogP contribution is -2.46. The van der Waals surface area contributed by atoms with Gasteiger partial charge in [0, 0.05) is 13.1 Å². The van der Waals surface area contributed by atoms with Crippen molar-refractivity contribution in [3.63, 3.8) is 0 Å². The van der Waals surface area contributed by atoms with E-state index >= 15 is 0 Å². The number of carbonyl (C=O) groups excluding carboxylic acids is 4. The highest BCUT2D eigenvalue weighted by Gasteiger charge is 2.37. The number of ether oxygens (including phenoxy) is 2. The van der Waals surface area contributed by atoms with E-state index in [9.17, 15) is 19.2 Å². The maximum absolute atomic E-state index is 12.9. The van der Waals surface area contributed by atoms with Crippen molar-refractivity contribution >= 4 is 67.6 Å². The quantitative estimate of drug-likeness (QED) is 0.245. The molecule has 0 radical (unpaired) electrons. The van der Waals surface area contributed by atoms with E-state index in [0.717, 1.165) is 27.4 Å². The Bertz CT molecular complexity index is 1440. The molecule has 8 nitrogen and oxygen atoms in total. The molecule has 37 heavy (non-hydrogen) atoms. The lowest BCUT2D eigenvalue weighted by atomic mass is 10.0. The first-order valence-corrected chi connectivity index (χ1v) is 13.1. The van der Waals surface area contributed by atoms with Gasteiger partial charge in [0.05, 0.1) is 28.2 Å². The molecular weight excluding hydrogens is 560 g/mol. The molecule has 0 N–H and O–H groups in total. The first-order chi connectivity index (χ1) is 17.9. The highest BCUT2D eigenvalue weighted by molar-refractivity contribution is 9.10. The Morgan fingerprint density at radius 2 is 1.78 bits per heavy atom. The second kappa shape index (κ2) is 10.9. The van der Waals surface area contributed by atoms with Gasteiger partial charge in [-0.1, -0.05) is 42.5 Å². The topological polar surface area (TPSA) is 93.2 Å². The van der Waals surface area contributed by atoms with Gasteiger partial charge in [-0.15, -0.1) is 0 Å². The second-order valence-corrected chi connectivity index (χ2v) is 10.2. The first-order valence-electron chi connectivity index (χ1n) is 11.5. The van der Waals surface area contributed by atoms with Crippen LogP contribution in [0.3, 0.4) is 0 Å². The second-order valence-electron chi connectivity index (χ2n) is 8.37. The van der Waals surface area contributed by atoms with Gasteiger partial charge in [0.1, 0.15) is 12.3 Å². The molecule has 2 aliphatic heterocycles. The minimum atomic E-state index is -0.515. The van der Waals surface area contributed by atoms with E-state index in [1.54, 1.807) is 41.3 Å². The van der Waals surface area contributed by atoms with Crippen molar-refractivity contribution < 1.29 is 28.7 Å². The average molecular weight is 581 g/mol. The van der Waals surface area contributed by atoms with Crippen molar-refractivity contribution in [1.29, 1.82) is 0 Å². The lowest BCUT2D eigenvalue weighted by molar-refractivity contribution is -0.139. The van der Waals surface area contributed by atoms with Gasteiger partial charge in [0.25, 0.3) is 11.1 Å². The number of fused-ring (bicyclic) bond motifs is 1. The standard InChI is InChI=1S/C27H21BrN2O6S/c28-21-14-17(8-9-22(21)36-26(33)20-7-3-5-18-4-1-2-6-19(18)20)15-23-25(32)30(27(34)37-23)16-24(31)29-10-12-35-13-11-29/h1-9,14-15H,10-13,16H2/b23-15-. The zero-order valence-electron chi connectivity index (χ0n) is 19.5. The van der Waals surface area contributed by atoms with Crippen LogP contribution in [0.15, 0.2) is 70.0 Å². The van der Waals surface area contributed by atoms with E-state index < -0.39 is 17.1 Å². The Morgan fingerprint density at radius 1 is 1.03 bits per heavy atom. The number of nitrogens with zero attached hydrogens (tertiary/aromatic N) is 2. The summed E-state index contributed by atoms with van der Waals surface area (Å²) in [6.45, 7) is 1.47. The molecule has 3 aromatic rings. The molecule has 0 unspecified atom stereocenters. The van der Waals surface area contributed by atoms with Gasteiger partial charge in [-0.05, 0) is 68.3 Å². The average Bonchev–Trinajstić information content (AvgIpc) is 3.17. The van der Waals surface area contributed by atoms with Crippen LogP contribution in [0.4, 0.5) is 4.79 Å². The third-order valence-electron chi connectivity index (χ3n) is 6.00. The number of rotatable bonds is 5.